The van der Waals surface area contributed by atoms with Crippen molar-refractivity contribution in [1.29, 1.82) is 0 Å². The van der Waals surface area contributed by atoms with E-state index in [4.69, 9.17) is 0 Å². The van der Waals surface area contributed by atoms with E-state index in [1.165, 1.54) is 24.7 Å². The molecule has 0 spiro atoms. The summed E-state index contributed by atoms with van der Waals surface area (Å²) in [5.74, 6) is 0. The number of aromatic nitrogens is 2. The van der Waals surface area contributed by atoms with E-state index in [9.17, 15) is 0 Å². The lowest BCUT2D eigenvalue weighted by Gasteiger charge is -2.09. The summed E-state index contributed by atoms with van der Waals surface area (Å²) in [7, 11) is 0. The SMILES string of the molecule is I/C(=C1/CCC/C1=C(/I)c1ccccn1)c1ccccn1. The number of allylic oxidation sites excluding steroid dienone is 2. The first-order valence-electron chi connectivity index (χ1n) is 6.88. The van der Waals surface area contributed by atoms with Crippen molar-refractivity contribution in [2.75, 3.05) is 0 Å². The lowest BCUT2D eigenvalue weighted by atomic mass is 10.1. The Hall–Kier alpha value is -0.760. The van der Waals surface area contributed by atoms with Crippen molar-refractivity contribution in [2.24, 2.45) is 0 Å². The minimum absolute atomic E-state index is 1.07. The Kier molecular flexibility index (Phi) is 5.05. The standard InChI is InChI=1S/C17H14I2N2/c18-16(14-8-1-3-10-20-14)12-6-5-7-13(12)17(19)15-9-2-4-11-21-15/h1-4,8-11H,5-7H2/b16-12-,17-13-. The van der Waals surface area contributed by atoms with Crippen molar-refractivity contribution < 1.29 is 0 Å². The first kappa shape index (κ1) is 15.1. The van der Waals surface area contributed by atoms with E-state index in [0.717, 1.165) is 24.2 Å². The number of halogens is 2. The Bertz CT molecular complexity index is 630. The fourth-order valence-corrected chi connectivity index (χ4v) is 4.35. The van der Waals surface area contributed by atoms with E-state index in [1.807, 2.05) is 36.7 Å². The average molecular weight is 500 g/mol. The molecule has 1 aliphatic carbocycles. The third-order valence-corrected chi connectivity index (χ3v) is 5.93. The van der Waals surface area contributed by atoms with Gasteiger partial charge in [-0.1, -0.05) is 12.1 Å². The van der Waals surface area contributed by atoms with Crippen LogP contribution in [0, 0.1) is 0 Å². The van der Waals surface area contributed by atoms with Crippen LogP contribution in [-0.2, 0) is 0 Å². The molecular weight excluding hydrogens is 486 g/mol. The maximum atomic E-state index is 4.48. The fraction of sp³-hybridized carbons (Fsp3) is 0.176. The van der Waals surface area contributed by atoms with Crippen LogP contribution in [0.3, 0.4) is 0 Å². The van der Waals surface area contributed by atoms with Crippen molar-refractivity contribution in [1.82, 2.24) is 9.97 Å². The second-order valence-electron chi connectivity index (χ2n) is 4.87. The molecular formula is C17H14I2N2. The van der Waals surface area contributed by atoms with Crippen molar-refractivity contribution in [3.8, 4) is 0 Å². The molecule has 0 unspecified atom stereocenters. The van der Waals surface area contributed by atoms with E-state index in [2.05, 4.69) is 67.3 Å². The van der Waals surface area contributed by atoms with Crippen molar-refractivity contribution >= 4 is 52.3 Å². The normalized spacial score (nSPS) is 19.5. The molecule has 21 heavy (non-hydrogen) atoms. The van der Waals surface area contributed by atoms with Gasteiger partial charge in [0.1, 0.15) is 0 Å². The molecule has 2 aromatic heterocycles. The molecule has 0 radical (unpaired) electrons. The van der Waals surface area contributed by atoms with E-state index in [-0.39, 0.29) is 0 Å². The summed E-state index contributed by atoms with van der Waals surface area (Å²) in [6.07, 6.45) is 7.18. The molecule has 1 saturated carbocycles. The molecule has 0 bridgehead atoms. The third-order valence-electron chi connectivity index (χ3n) is 3.53. The number of rotatable bonds is 2. The van der Waals surface area contributed by atoms with Gasteiger partial charge in [-0.2, -0.15) is 0 Å². The monoisotopic (exact) mass is 500 g/mol. The van der Waals surface area contributed by atoms with Gasteiger partial charge in [-0.25, -0.2) is 0 Å². The zero-order valence-electron chi connectivity index (χ0n) is 11.4. The molecule has 2 nitrogen and oxygen atoms in total. The van der Waals surface area contributed by atoms with Gasteiger partial charge in [-0.3, -0.25) is 9.97 Å². The van der Waals surface area contributed by atoms with Crippen LogP contribution in [-0.4, -0.2) is 9.97 Å². The van der Waals surface area contributed by atoms with Crippen molar-refractivity contribution in [3.63, 3.8) is 0 Å². The van der Waals surface area contributed by atoms with Crippen LogP contribution in [0.1, 0.15) is 30.7 Å². The molecule has 0 saturated heterocycles. The minimum Gasteiger partial charge on any atom is -0.256 e. The molecule has 3 rings (SSSR count). The molecule has 1 fully saturated rings. The number of hydrogen-bond donors (Lipinski definition) is 0. The van der Waals surface area contributed by atoms with Crippen LogP contribution in [0.4, 0.5) is 0 Å². The minimum atomic E-state index is 1.07. The molecule has 4 heteroatoms. The maximum absolute atomic E-state index is 4.48. The van der Waals surface area contributed by atoms with Gasteiger partial charge in [0.05, 0.1) is 11.4 Å². The molecule has 0 amide bonds. The maximum Gasteiger partial charge on any atom is 0.0765 e. The zero-order valence-corrected chi connectivity index (χ0v) is 15.7. The summed E-state index contributed by atoms with van der Waals surface area (Å²) >= 11 is 4.87. The zero-order chi connectivity index (χ0) is 14.7. The highest BCUT2D eigenvalue weighted by atomic mass is 127. The summed E-state index contributed by atoms with van der Waals surface area (Å²) in [6, 6.07) is 12.2. The first-order valence-corrected chi connectivity index (χ1v) is 9.03. The van der Waals surface area contributed by atoms with Gasteiger partial charge >= 0.3 is 0 Å². The van der Waals surface area contributed by atoms with Crippen molar-refractivity contribution in [2.45, 2.75) is 19.3 Å². The van der Waals surface area contributed by atoms with E-state index >= 15 is 0 Å². The van der Waals surface area contributed by atoms with Crippen LogP contribution >= 0.6 is 45.2 Å². The van der Waals surface area contributed by atoms with Gasteiger partial charge < -0.3 is 0 Å². The smallest absolute Gasteiger partial charge is 0.0765 e. The van der Waals surface area contributed by atoms with Gasteiger partial charge in [-0.15, -0.1) is 0 Å². The van der Waals surface area contributed by atoms with Crippen LogP contribution in [0.5, 0.6) is 0 Å². The van der Waals surface area contributed by atoms with E-state index < -0.39 is 0 Å². The molecule has 0 aliphatic heterocycles. The average Bonchev–Trinajstić information content (AvgIpc) is 3.04. The Morgan fingerprint density at radius 1 is 0.762 bits per heavy atom. The summed E-state index contributed by atoms with van der Waals surface area (Å²) in [6.45, 7) is 0. The molecule has 2 aromatic rings. The van der Waals surface area contributed by atoms with Crippen molar-refractivity contribution in [3.05, 3.63) is 71.3 Å². The van der Waals surface area contributed by atoms with Crippen LogP contribution in [0.25, 0.3) is 7.16 Å². The van der Waals surface area contributed by atoms with Gasteiger partial charge in [0, 0.05) is 19.6 Å². The second kappa shape index (κ2) is 7.00. The summed E-state index contributed by atoms with van der Waals surface area (Å²) in [5.41, 5.74) is 5.00. The number of hydrogen-bond acceptors (Lipinski definition) is 2. The van der Waals surface area contributed by atoms with Crippen LogP contribution in [0.2, 0.25) is 0 Å². The molecule has 1 aliphatic rings. The first-order chi connectivity index (χ1) is 10.3. The van der Waals surface area contributed by atoms with Gasteiger partial charge in [-0.05, 0) is 99.9 Å². The number of nitrogens with zero attached hydrogens (tertiary/aromatic N) is 2. The van der Waals surface area contributed by atoms with Crippen LogP contribution in [0.15, 0.2) is 59.9 Å². The predicted octanol–water partition coefficient (Wildman–Crippen LogP) is 5.65. The highest BCUT2D eigenvalue weighted by molar-refractivity contribution is 14.1. The van der Waals surface area contributed by atoms with E-state index in [1.54, 1.807) is 0 Å². The second-order valence-corrected chi connectivity index (χ2v) is 7.03. The molecule has 0 N–H and O–H groups in total. The van der Waals surface area contributed by atoms with Gasteiger partial charge in [0.25, 0.3) is 0 Å². The third kappa shape index (κ3) is 3.36. The van der Waals surface area contributed by atoms with Crippen LogP contribution < -0.4 is 0 Å². The highest BCUT2D eigenvalue weighted by Gasteiger charge is 2.22. The topological polar surface area (TPSA) is 25.8 Å². The van der Waals surface area contributed by atoms with E-state index in [0.29, 0.717) is 0 Å². The lowest BCUT2D eigenvalue weighted by Crippen LogP contribution is -1.91. The molecule has 2 heterocycles. The Balaban J connectivity index is 2.07. The lowest BCUT2D eigenvalue weighted by molar-refractivity contribution is 0.934. The Morgan fingerprint density at radius 2 is 1.24 bits per heavy atom. The Morgan fingerprint density at radius 3 is 1.62 bits per heavy atom. The molecule has 0 aromatic carbocycles. The fourth-order valence-electron chi connectivity index (χ4n) is 2.52. The quantitative estimate of drug-likeness (QED) is 0.499. The Labute approximate surface area is 152 Å². The summed E-state index contributed by atoms with van der Waals surface area (Å²) in [5, 5.41) is 0. The highest BCUT2D eigenvalue weighted by Crippen LogP contribution is 2.43. The molecule has 0 atom stereocenters. The number of pyridine rings is 2. The summed E-state index contributed by atoms with van der Waals surface area (Å²) < 4.78 is 2.54. The largest absolute Gasteiger partial charge is 0.256 e. The summed E-state index contributed by atoms with van der Waals surface area (Å²) in [4.78, 5) is 8.97. The predicted molar refractivity (Wildman–Crippen MR) is 104 cm³/mol. The van der Waals surface area contributed by atoms with Gasteiger partial charge in [0.2, 0.25) is 0 Å². The van der Waals surface area contributed by atoms with Gasteiger partial charge in [0.15, 0.2) is 0 Å². The molecule has 106 valence electrons.